The molecule has 152 valence electrons. The number of hydrogen-bond acceptors (Lipinski definition) is 3. The number of alkyl halides is 3. The number of amides is 3. The van der Waals surface area contributed by atoms with Crippen LogP contribution in [0, 0.1) is 0 Å². The molecule has 0 spiro atoms. The lowest BCUT2D eigenvalue weighted by Crippen LogP contribution is -2.55. The van der Waals surface area contributed by atoms with Gasteiger partial charge >= 0.3 is 12.2 Å². The van der Waals surface area contributed by atoms with Crippen LogP contribution in [0.2, 0.25) is 0 Å². The van der Waals surface area contributed by atoms with Crippen LogP contribution >= 0.6 is 0 Å². The molecule has 1 aliphatic rings. The van der Waals surface area contributed by atoms with Crippen LogP contribution in [0.25, 0.3) is 0 Å². The van der Waals surface area contributed by atoms with Gasteiger partial charge in [-0.3, -0.25) is 14.5 Å². The maximum atomic E-state index is 13.9. The van der Waals surface area contributed by atoms with Crippen molar-refractivity contribution in [3.05, 3.63) is 71.3 Å². The smallest absolute Gasteiger partial charge is 0.312 e. The molecule has 3 rings (SSSR count). The summed E-state index contributed by atoms with van der Waals surface area (Å²) in [5.41, 5.74) is -2.44. The van der Waals surface area contributed by atoms with Crippen LogP contribution in [-0.4, -0.2) is 35.3 Å². The Morgan fingerprint density at radius 3 is 2.14 bits per heavy atom. The molecule has 5 nitrogen and oxygen atoms in total. The predicted octanol–water partition coefficient (Wildman–Crippen LogP) is 4.00. The van der Waals surface area contributed by atoms with E-state index < -0.39 is 41.5 Å². The van der Waals surface area contributed by atoms with Crippen molar-refractivity contribution >= 4 is 17.7 Å². The van der Waals surface area contributed by atoms with E-state index in [0.717, 1.165) is 17.7 Å². The van der Waals surface area contributed by atoms with Crippen LogP contribution in [0.3, 0.4) is 0 Å². The van der Waals surface area contributed by atoms with E-state index in [2.05, 4.69) is 0 Å². The third-order valence-electron chi connectivity index (χ3n) is 4.94. The number of halogens is 3. The number of carbonyl (C=O) groups is 3. The number of carbonyl (C=O) groups excluding carboxylic acids is 3. The summed E-state index contributed by atoms with van der Waals surface area (Å²) in [5, 5.41) is 1.76. The molecule has 8 heteroatoms. The number of imide groups is 1. The van der Waals surface area contributed by atoms with Crippen molar-refractivity contribution in [3.8, 4) is 0 Å². The predicted molar refractivity (Wildman–Crippen MR) is 99.3 cm³/mol. The first kappa shape index (κ1) is 20.6. The Hall–Kier alpha value is -3.16. The quantitative estimate of drug-likeness (QED) is 0.605. The Morgan fingerprint density at radius 2 is 1.62 bits per heavy atom. The number of urea groups is 1. The summed E-state index contributed by atoms with van der Waals surface area (Å²) < 4.78 is 41.8. The summed E-state index contributed by atoms with van der Waals surface area (Å²) in [7, 11) is 0. The summed E-state index contributed by atoms with van der Waals surface area (Å²) in [6.07, 6.45) is -5.09. The van der Waals surface area contributed by atoms with Crippen LogP contribution in [0.1, 0.15) is 41.3 Å². The topological polar surface area (TPSA) is 66.5 Å². The molecule has 29 heavy (non-hydrogen) atoms. The van der Waals surface area contributed by atoms with Crippen molar-refractivity contribution in [2.75, 3.05) is 6.54 Å². The van der Waals surface area contributed by atoms with Gasteiger partial charge in [-0.25, -0.2) is 4.79 Å². The molecule has 1 atom stereocenters. The zero-order valence-corrected chi connectivity index (χ0v) is 15.8. The number of rotatable bonds is 5. The minimum absolute atomic E-state index is 0.208. The fourth-order valence-electron chi connectivity index (χ4n) is 3.25. The monoisotopic (exact) mass is 404 g/mol. The van der Waals surface area contributed by atoms with E-state index in [0.29, 0.717) is 4.90 Å². The summed E-state index contributed by atoms with van der Waals surface area (Å²) in [6, 6.07) is 11.7. The maximum absolute atomic E-state index is 13.9. The minimum Gasteiger partial charge on any atom is -0.312 e. The van der Waals surface area contributed by atoms with E-state index in [1.165, 1.54) is 30.3 Å². The average molecular weight is 404 g/mol. The second-order valence-corrected chi connectivity index (χ2v) is 7.14. The summed E-state index contributed by atoms with van der Waals surface area (Å²) >= 11 is 0. The number of hydrogen-bond donors (Lipinski definition) is 1. The highest BCUT2D eigenvalue weighted by Gasteiger charge is 2.68. The van der Waals surface area contributed by atoms with Gasteiger partial charge in [-0.15, -0.1) is 0 Å². The van der Waals surface area contributed by atoms with Crippen LogP contribution < -0.4 is 5.32 Å². The van der Waals surface area contributed by atoms with E-state index in [1.54, 1.807) is 17.4 Å². The van der Waals surface area contributed by atoms with Crippen LogP contribution in [0.5, 0.6) is 0 Å². The second-order valence-electron chi connectivity index (χ2n) is 7.14. The number of nitrogens with zero attached hydrogens (tertiary/aromatic N) is 1. The van der Waals surface area contributed by atoms with Crippen LogP contribution in [0.15, 0.2) is 54.6 Å². The first-order valence-corrected chi connectivity index (χ1v) is 8.97. The molecule has 0 bridgehead atoms. The Kier molecular flexibility index (Phi) is 5.21. The van der Waals surface area contributed by atoms with Gasteiger partial charge < -0.3 is 5.32 Å². The summed E-state index contributed by atoms with van der Waals surface area (Å²) in [4.78, 5) is 37.9. The van der Waals surface area contributed by atoms with E-state index in [9.17, 15) is 27.6 Å². The van der Waals surface area contributed by atoms with E-state index in [1.807, 2.05) is 13.8 Å². The zero-order chi connectivity index (χ0) is 21.4. The van der Waals surface area contributed by atoms with Gasteiger partial charge in [0.15, 0.2) is 5.78 Å². The van der Waals surface area contributed by atoms with Gasteiger partial charge in [0.25, 0.3) is 5.91 Å². The SMILES string of the molecule is CC(C)c1ccc(C(=O)CN2C(=O)NC(c3ccccc3)(C(F)(F)F)C2=O)cc1. The summed E-state index contributed by atoms with van der Waals surface area (Å²) in [5.74, 6) is -1.91. The van der Waals surface area contributed by atoms with Crippen molar-refractivity contribution < 1.29 is 27.6 Å². The molecular weight excluding hydrogens is 385 g/mol. The molecule has 2 aromatic rings. The van der Waals surface area contributed by atoms with E-state index in [4.69, 9.17) is 0 Å². The molecule has 1 N–H and O–H groups in total. The molecule has 1 aliphatic heterocycles. The fourth-order valence-corrected chi connectivity index (χ4v) is 3.25. The third-order valence-corrected chi connectivity index (χ3v) is 4.94. The number of nitrogens with one attached hydrogen (secondary N) is 1. The lowest BCUT2D eigenvalue weighted by Gasteiger charge is -2.29. The molecular formula is C21H19F3N2O3. The Balaban J connectivity index is 1.90. The Labute approximate surface area is 165 Å². The van der Waals surface area contributed by atoms with Gasteiger partial charge in [0, 0.05) is 5.56 Å². The lowest BCUT2D eigenvalue weighted by molar-refractivity contribution is -0.198. The molecule has 0 saturated carbocycles. The average Bonchev–Trinajstić information content (AvgIpc) is 2.94. The lowest BCUT2D eigenvalue weighted by atomic mass is 9.89. The van der Waals surface area contributed by atoms with Crippen molar-refractivity contribution in [1.82, 2.24) is 10.2 Å². The molecule has 1 fully saturated rings. The highest BCUT2D eigenvalue weighted by atomic mass is 19.4. The molecule has 2 aromatic carbocycles. The highest BCUT2D eigenvalue weighted by molar-refractivity contribution is 6.11. The van der Waals surface area contributed by atoms with Gasteiger partial charge in [0.05, 0.1) is 6.54 Å². The molecule has 1 heterocycles. The molecule has 0 radical (unpaired) electrons. The van der Waals surface area contributed by atoms with Crippen molar-refractivity contribution in [1.29, 1.82) is 0 Å². The van der Waals surface area contributed by atoms with E-state index in [-0.39, 0.29) is 11.5 Å². The van der Waals surface area contributed by atoms with Gasteiger partial charge in [0.2, 0.25) is 5.54 Å². The molecule has 1 unspecified atom stereocenters. The van der Waals surface area contributed by atoms with Gasteiger partial charge in [-0.1, -0.05) is 68.4 Å². The normalized spacial score (nSPS) is 19.6. The Bertz CT molecular complexity index is 940. The summed E-state index contributed by atoms with van der Waals surface area (Å²) in [6.45, 7) is 3.17. The standard InChI is InChI=1S/C21H19F3N2O3/c1-13(2)14-8-10-15(11-9-14)17(27)12-26-18(28)20(21(22,23)24,25-19(26)29)16-6-4-3-5-7-16/h3-11,13H,12H2,1-2H3,(H,25,29). The van der Waals surface area contributed by atoms with Crippen LogP contribution in [-0.2, 0) is 10.3 Å². The highest BCUT2D eigenvalue weighted by Crippen LogP contribution is 2.43. The largest absolute Gasteiger partial charge is 0.425 e. The third kappa shape index (κ3) is 3.50. The van der Waals surface area contributed by atoms with Crippen LogP contribution in [0.4, 0.5) is 18.0 Å². The van der Waals surface area contributed by atoms with E-state index >= 15 is 0 Å². The Morgan fingerprint density at radius 1 is 1.03 bits per heavy atom. The second kappa shape index (κ2) is 7.35. The zero-order valence-electron chi connectivity index (χ0n) is 15.8. The molecule has 0 aromatic heterocycles. The van der Waals surface area contributed by atoms with Crippen molar-refractivity contribution in [2.45, 2.75) is 31.5 Å². The first-order valence-electron chi connectivity index (χ1n) is 8.97. The van der Waals surface area contributed by atoms with Gasteiger partial charge in [-0.05, 0) is 17.0 Å². The first-order chi connectivity index (χ1) is 13.6. The van der Waals surface area contributed by atoms with Gasteiger partial charge in [0.1, 0.15) is 0 Å². The number of ketones is 1. The van der Waals surface area contributed by atoms with Crippen molar-refractivity contribution in [3.63, 3.8) is 0 Å². The van der Waals surface area contributed by atoms with Gasteiger partial charge in [-0.2, -0.15) is 13.2 Å². The maximum Gasteiger partial charge on any atom is 0.425 e. The number of Topliss-reactive ketones (excluding diaryl/α,β-unsaturated/α-hetero) is 1. The number of benzene rings is 2. The molecule has 3 amide bonds. The fraction of sp³-hybridized carbons (Fsp3) is 0.286. The molecule has 1 saturated heterocycles. The minimum atomic E-state index is -5.09. The van der Waals surface area contributed by atoms with Crippen molar-refractivity contribution in [2.24, 2.45) is 0 Å². The molecule has 0 aliphatic carbocycles.